The number of hydrogen-bond acceptors (Lipinski definition) is 4. The average molecular weight is 407 g/mol. The van der Waals surface area contributed by atoms with E-state index in [4.69, 9.17) is 4.74 Å². The first-order valence-corrected chi connectivity index (χ1v) is 11.2. The van der Waals surface area contributed by atoms with Gasteiger partial charge in [0.15, 0.2) is 0 Å². The summed E-state index contributed by atoms with van der Waals surface area (Å²) >= 11 is 0. The Morgan fingerprint density at radius 1 is 1.10 bits per heavy atom. The molecule has 0 N–H and O–H groups in total. The average Bonchev–Trinajstić information content (AvgIpc) is 3.55. The lowest BCUT2D eigenvalue weighted by molar-refractivity contribution is -0.150. The SMILES string of the molecule is COC(=O)C1CC(=O)N(Cc2ccc3ccccc3c2)C12CCN(CC1CC1)CC2. The van der Waals surface area contributed by atoms with E-state index in [1.54, 1.807) is 0 Å². The molecule has 3 aliphatic rings. The van der Waals surface area contributed by atoms with Crippen molar-refractivity contribution in [3.63, 3.8) is 0 Å². The summed E-state index contributed by atoms with van der Waals surface area (Å²) in [5.74, 6) is 0.335. The van der Waals surface area contributed by atoms with Crippen LogP contribution in [0.5, 0.6) is 0 Å². The van der Waals surface area contributed by atoms with E-state index in [9.17, 15) is 9.59 Å². The third-order valence-corrected chi connectivity index (χ3v) is 7.44. The van der Waals surface area contributed by atoms with Gasteiger partial charge in [0, 0.05) is 32.6 Å². The number of carbonyl (C=O) groups excluding carboxylic acids is 2. The Morgan fingerprint density at radius 3 is 2.53 bits per heavy atom. The molecule has 1 unspecified atom stereocenters. The predicted molar refractivity (Wildman–Crippen MR) is 116 cm³/mol. The Hall–Kier alpha value is -2.40. The molecule has 1 amide bonds. The molecule has 2 saturated heterocycles. The lowest BCUT2D eigenvalue weighted by Crippen LogP contribution is -2.57. The molecular weight excluding hydrogens is 376 g/mol. The van der Waals surface area contributed by atoms with Gasteiger partial charge in [-0.25, -0.2) is 0 Å². The van der Waals surface area contributed by atoms with Crippen molar-refractivity contribution in [2.75, 3.05) is 26.7 Å². The van der Waals surface area contributed by atoms with Gasteiger partial charge in [-0.05, 0) is 54.0 Å². The Bertz CT molecular complexity index is 960. The summed E-state index contributed by atoms with van der Waals surface area (Å²) in [5.41, 5.74) is 0.697. The zero-order chi connectivity index (χ0) is 20.7. The van der Waals surface area contributed by atoms with Crippen molar-refractivity contribution in [1.29, 1.82) is 0 Å². The topological polar surface area (TPSA) is 49.9 Å². The second-order valence-corrected chi connectivity index (χ2v) is 9.29. The molecule has 2 heterocycles. The molecule has 1 spiro atoms. The van der Waals surface area contributed by atoms with Gasteiger partial charge >= 0.3 is 5.97 Å². The van der Waals surface area contributed by atoms with Crippen molar-refractivity contribution in [2.45, 2.75) is 44.2 Å². The normalized spacial score (nSPS) is 24.0. The fraction of sp³-hybridized carbons (Fsp3) is 0.520. The van der Waals surface area contributed by atoms with Crippen LogP contribution < -0.4 is 0 Å². The standard InChI is InChI=1S/C25H30N2O3/c1-30-24(29)22-15-23(28)27(17-19-8-9-20-4-2-3-5-21(20)14-19)25(22)10-12-26(13-11-25)16-18-6-7-18/h2-5,8-9,14,18,22H,6-7,10-13,15-17H2,1H3. The lowest BCUT2D eigenvalue weighted by atomic mass is 9.76. The minimum absolute atomic E-state index is 0.0780. The second-order valence-electron chi connectivity index (χ2n) is 9.29. The highest BCUT2D eigenvalue weighted by Gasteiger charge is 2.57. The molecule has 5 rings (SSSR count). The summed E-state index contributed by atoms with van der Waals surface area (Å²) in [7, 11) is 1.44. The minimum Gasteiger partial charge on any atom is -0.469 e. The Kier molecular flexibility index (Phi) is 5.02. The summed E-state index contributed by atoms with van der Waals surface area (Å²) in [6.07, 6.45) is 4.65. The zero-order valence-corrected chi connectivity index (χ0v) is 17.7. The van der Waals surface area contributed by atoms with Gasteiger partial charge in [0.05, 0.1) is 18.6 Å². The molecular formula is C25H30N2O3. The van der Waals surface area contributed by atoms with E-state index in [2.05, 4.69) is 35.2 Å². The number of carbonyl (C=O) groups is 2. The van der Waals surface area contributed by atoms with Crippen LogP contribution in [0.3, 0.4) is 0 Å². The fourth-order valence-corrected chi connectivity index (χ4v) is 5.53. The van der Waals surface area contributed by atoms with Gasteiger partial charge in [0.2, 0.25) is 5.91 Å². The van der Waals surface area contributed by atoms with Gasteiger partial charge in [0.25, 0.3) is 0 Å². The molecule has 0 aromatic heterocycles. The minimum atomic E-state index is -0.421. The van der Waals surface area contributed by atoms with E-state index >= 15 is 0 Å². The molecule has 1 atom stereocenters. The number of hydrogen-bond donors (Lipinski definition) is 0. The van der Waals surface area contributed by atoms with Gasteiger partial charge in [-0.3, -0.25) is 9.59 Å². The van der Waals surface area contributed by atoms with E-state index in [1.165, 1.54) is 30.7 Å². The molecule has 5 nitrogen and oxygen atoms in total. The third-order valence-electron chi connectivity index (χ3n) is 7.44. The van der Waals surface area contributed by atoms with Gasteiger partial charge in [0.1, 0.15) is 0 Å². The van der Waals surface area contributed by atoms with Crippen molar-refractivity contribution < 1.29 is 14.3 Å². The fourth-order valence-electron chi connectivity index (χ4n) is 5.53. The molecule has 1 aliphatic carbocycles. The quantitative estimate of drug-likeness (QED) is 0.712. The van der Waals surface area contributed by atoms with Crippen molar-refractivity contribution in [2.24, 2.45) is 11.8 Å². The molecule has 2 aliphatic heterocycles. The Labute approximate surface area is 178 Å². The first kappa shape index (κ1) is 19.6. The number of amides is 1. The summed E-state index contributed by atoms with van der Waals surface area (Å²) < 4.78 is 5.14. The van der Waals surface area contributed by atoms with E-state index in [0.29, 0.717) is 6.54 Å². The number of rotatable bonds is 5. The Balaban J connectivity index is 1.42. The van der Waals surface area contributed by atoms with Crippen LogP contribution in [0.1, 0.15) is 37.7 Å². The summed E-state index contributed by atoms with van der Waals surface area (Å²) in [6, 6.07) is 14.7. The first-order chi connectivity index (χ1) is 14.6. The van der Waals surface area contributed by atoms with Crippen LogP contribution in [0.25, 0.3) is 10.8 Å². The van der Waals surface area contributed by atoms with Crippen molar-refractivity contribution >= 4 is 22.6 Å². The smallest absolute Gasteiger partial charge is 0.311 e. The monoisotopic (exact) mass is 406 g/mol. The van der Waals surface area contributed by atoms with E-state index in [1.807, 2.05) is 17.0 Å². The molecule has 3 fully saturated rings. The number of likely N-dealkylation sites (tertiary alicyclic amines) is 2. The molecule has 30 heavy (non-hydrogen) atoms. The summed E-state index contributed by atoms with van der Waals surface area (Å²) in [5, 5.41) is 2.38. The van der Waals surface area contributed by atoms with Crippen molar-refractivity contribution in [1.82, 2.24) is 9.80 Å². The maximum absolute atomic E-state index is 13.1. The van der Waals surface area contributed by atoms with Crippen LogP contribution in [-0.2, 0) is 20.9 Å². The van der Waals surface area contributed by atoms with Crippen LogP contribution >= 0.6 is 0 Å². The zero-order valence-electron chi connectivity index (χ0n) is 17.7. The van der Waals surface area contributed by atoms with Gasteiger partial charge in [-0.15, -0.1) is 0 Å². The number of piperidine rings is 1. The van der Waals surface area contributed by atoms with Gasteiger partial charge < -0.3 is 14.5 Å². The maximum Gasteiger partial charge on any atom is 0.311 e. The summed E-state index contributed by atoms with van der Waals surface area (Å²) in [4.78, 5) is 30.3. The number of esters is 1. The summed E-state index contributed by atoms with van der Waals surface area (Å²) in [6.45, 7) is 3.62. The van der Waals surface area contributed by atoms with Crippen LogP contribution in [0.2, 0.25) is 0 Å². The molecule has 1 saturated carbocycles. The number of benzene rings is 2. The highest BCUT2D eigenvalue weighted by molar-refractivity contribution is 5.89. The molecule has 2 aromatic carbocycles. The largest absolute Gasteiger partial charge is 0.469 e. The second kappa shape index (κ2) is 7.69. The number of methoxy groups -OCH3 is 1. The van der Waals surface area contributed by atoms with E-state index < -0.39 is 5.54 Å². The van der Waals surface area contributed by atoms with Crippen molar-refractivity contribution in [3.05, 3.63) is 48.0 Å². The predicted octanol–water partition coefficient (Wildman–Crippen LogP) is 3.61. The number of fused-ring (bicyclic) bond motifs is 1. The third kappa shape index (κ3) is 3.49. The molecule has 0 bridgehead atoms. The molecule has 158 valence electrons. The Morgan fingerprint density at radius 2 is 1.83 bits per heavy atom. The van der Waals surface area contributed by atoms with E-state index in [0.717, 1.165) is 44.0 Å². The van der Waals surface area contributed by atoms with Gasteiger partial charge in [-0.1, -0.05) is 36.4 Å². The highest BCUT2D eigenvalue weighted by Crippen LogP contribution is 2.45. The first-order valence-electron chi connectivity index (χ1n) is 11.2. The van der Waals surface area contributed by atoms with Gasteiger partial charge in [-0.2, -0.15) is 0 Å². The van der Waals surface area contributed by atoms with Crippen molar-refractivity contribution in [3.8, 4) is 0 Å². The van der Waals surface area contributed by atoms with Crippen LogP contribution in [0.4, 0.5) is 0 Å². The maximum atomic E-state index is 13.1. The van der Waals surface area contributed by atoms with E-state index in [-0.39, 0.29) is 24.2 Å². The molecule has 0 radical (unpaired) electrons. The van der Waals surface area contributed by atoms with Crippen LogP contribution in [0, 0.1) is 11.8 Å². The number of nitrogens with zero attached hydrogens (tertiary/aromatic N) is 2. The van der Waals surface area contributed by atoms with Crippen LogP contribution in [-0.4, -0.2) is 54.0 Å². The lowest BCUT2D eigenvalue weighted by Gasteiger charge is -2.47. The van der Waals surface area contributed by atoms with Crippen LogP contribution in [0.15, 0.2) is 42.5 Å². The highest BCUT2D eigenvalue weighted by atomic mass is 16.5. The molecule has 5 heteroatoms. The molecule has 2 aromatic rings. The number of ether oxygens (including phenoxy) is 1.